The second-order valence-electron chi connectivity index (χ2n) is 5.23. The smallest absolute Gasteiger partial charge is 0.0834 e. The minimum atomic E-state index is 0.328. The van der Waals surface area contributed by atoms with Gasteiger partial charge in [0.2, 0.25) is 0 Å². The second-order valence-corrected chi connectivity index (χ2v) is 6.87. The second kappa shape index (κ2) is 7.55. The fourth-order valence-corrected chi connectivity index (χ4v) is 4.27. The predicted molar refractivity (Wildman–Crippen MR) is 84.0 cm³/mol. The maximum absolute atomic E-state index is 6.34. The zero-order chi connectivity index (χ0) is 13.7. The van der Waals surface area contributed by atoms with E-state index in [0.29, 0.717) is 6.04 Å². The van der Waals surface area contributed by atoms with Gasteiger partial charge >= 0.3 is 0 Å². The Morgan fingerprint density at radius 3 is 2.89 bits per heavy atom. The van der Waals surface area contributed by atoms with E-state index in [1.807, 2.05) is 7.05 Å². The van der Waals surface area contributed by atoms with Crippen LogP contribution in [0.15, 0.2) is 6.20 Å². The molecular weight excluding hydrogens is 278 g/mol. The van der Waals surface area contributed by atoms with Gasteiger partial charge in [0.05, 0.1) is 23.0 Å². The molecule has 1 aromatic heterocycles. The van der Waals surface area contributed by atoms with Gasteiger partial charge in [-0.25, -0.2) is 0 Å². The van der Waals surface area contributed by atoms with Crippen LogP contribution in [0.25, 0.3) is 0 Å². The number of nitrogens with one attached hydrogen (secondary N) is 1. The molecule has 0 radical (unpaired) electrons. The van der Waals surface area contributed by atoms with Crippen LogP contribution >= 0.6 is 23.4 Å². The summed E-state index contributed by atoms with van der Waals surface area (Å²) in [4.78, 5) is 0. The number of hydrogen-bond donors (Lipinski definition) is 1. The van der Waals surface area contributed by atoms with Crippen LogP contribution in [0.2, 0.25) is 5.02 Å². The third kappa shape index (κ3) is 3.89. The van der Waals surface area contributed by atoms with E-state index in [1.165, 1.54) is 36.5 Å². The highest BCUT2D eigenvalue weighted by Crippen LogP contribution is 2.33. The lowest BCUT2D eigenvalue weighted by Gasteiger charge is -2.27. The van der Waals surface area contributed by atoms with Crippen molar-refractivity contribution < 1.29 is 0 Å². The third-order valence-corrected chi connectivity index (χ3v) is 5.20. The van der Waals surface area contributed by atoms with Crippen molar-refractivity contribution in [2.45, 2.75) is 45.2 Å². The summed E-state index contributed by atoms with van der Waals surface area (Å²) >= 11 is 8.43. The van der Waals surface area contributed by atoms with Crippen LogP contribution in [0.5, 0.6) is 0 Å². The molecule has 1 aliphatic heterocycles. The number of halogens is 1. The summed E-state index contributed by atoms with van der Waals surface area (Å²) < 4.78 is 2.07. The topological polar surface area (TPSA) is 29.9 Å². The summed E-state index contributed by atoms with van der Waals surface area (Å²) in [5.41, 5.74) is 1.17. The summed E-state index contributed by atoms with van der Waals surface area (Å²) in [5.74, 6) is 3.44. The Morgan fingerprint density at radius 1 is 1.53 bits per heavy atom. The van der Waals surface area contributed by atoms with E-state index < -0.39 is 0 Å². The Balaban J connectivity index is 2.09. The lowest BCUT2D eigenvalue weighted by atomic mass is 9.93. The highest BCUT2D eigenvalue weighted by Gasteiger charge is 2.23. The normalized spacial score (nSPS) is 18.7. The van der Waals surface area contributed by atoms with Gasteiger partial charge < -0.3 is 5.32 Å². The van der Waals surface area contributed by atoms with Gasteiger partial charge in [-0.1, -0.05) is 18.5 Å². The summed E-state index contributed by atoms with van der Waals surface area (Å²) in [6.07, 6.45) is 6.71. The fourth-order valence-electron chi connectivity index (χ4n) is 2.79. The predicted octanol–water partition coefficient (Wildman–Crippen LogP) is 3.74. The van der Waals surface area contributed by atoms with Crippen molar-refractivity contribution >= 4 is 23.4 Å². The quantitative estimate of drug-likeness (QED) is 0.868. The van der Waals surface area contributed by atoms with Crippen LogP contribution in [0, 0.1) is 5.92 Å². The molecular formula is C14H24ClN3S. The average Bonchev–Trinajstić information content (AvgIpc) is 2.79. The number of aryl methyl sites for hydroxylation is 1. The monoisotopic (exact) mass is 301 g/mol. The molecule has 5 heteroatoms. The molecule has 1 unspecified atom stereocenters. The largest absolute Gasteiger partial charge is 0.312 e. The Morgan fingerprint density at radius 2 is 2.26 bits per heavy atom. The Hall–Kier alpha value is -0.190. The van der Waals surface area contributed by atoms with Crippen molar-refractivity contribution in [3.63, 3.8) is 0 Å². The zero-order valence-electron chi connectivity index (χ0n) is 11.9. The van der Waals surface area contributed by atoms with Crippen molar-refractivity contribution in [1.29, 1.82) is 0 Å². The van der Waals surface area contributed by atoms with Gasteiger partial charge in [-0.2, -0.15) is 16.9 Å². The number of nitrogens with zero attached hydrogens (tertiary/aromatic N) is 2. The van der Waals surface area contributed by atoms with Crippen molar-refractivity contribution in [2.75, 3.05) is 18.6 Å². The van der Waals surface area contributed by atoms with Crippen LogP contribution in [-0.2, 0) is 6.54 Å². The van der Waals surface area contributed by atoms with Gasteiger partial charge in [0.1, 0.15) is 0 Å². The fraction of sp³-hybridized carbons (Fsp3) is 0.786. The molecule has 1 aromatic rings. The third-order valence-electron chi connectivity index (χ3n) is 3.86. The molecule has 0 bridgehead atoms. The Labute approximate surface area is 125 Å². The number of aromatic nitrogens is 2. The van der Waals surface area contributed by atoms with Crippen LogP contribution in [0.1, 0.15) is 44.3 Å². The molecule has 2 heterocycles. The molecule has 1 fully saturated rings. The van der Waals surface area contributed by atoms with Crippen LogP contribution in [-0.4, -0.2) is 28.3 Å². The van der Waals surface area contributed by atoms with E-state index in [0.717, 1.165) is 23.9 Å². The highest BCUT2D eigenvalue weighted by molar-refractivity contribution is 7.99. The summed E-state index contributed by atoms with van der Waals surface area (Å²) in [5, 5.41) is 8.65. The van der Waals surface area contributed by atoms with Crippen molar-refractivity contribution in [3.8, 4) is 0 Å². The Kier molecular flexibility index (Phi) is 6.05. The maximum atomic E-state index is 6.34. The summed E-state index contributed by atoms with van der Waals surface area (Å²) in [7, 11) is 2.03. The first-order valence-electron chi connectivity index (χ1n) is 7.22. The van der Waals surface area contributed by atoms with Crippen LogP contribution in [0.4, 0.5) is 0 Å². The van der Waals surface area contributed by atoms with E-state index in [-0.39, 0.29) is 0 Å². The number of rotatable bonds is 6. The SMILES string of the molecule is CCCn1ncc(Cl)c1C(CC1CCSCC1)NC. The van der Waals surface area contributed by atoms with E-state index in [4.69, 9.17) is 11.6 Å². The van der Waals surface area contributed by atoms with Gasteiger partial charge in [0.15, 0.2) is 0 Å². The molecule has 0 spiro atoms. The minimum absolute atomic E-state index is 0.328. The number of hydrogen-bond acceptors (Lipinski definition) is 3. The van der Waals surface area contributed by atoms with E-state index in [1.54, 1.807) is 6.20 Å². The molecule has 1 atom stereocenters. The first-order chi connectivity index (χ1) is 9.26. The molecule has 0 saturated carbocycles. The molecule has 3 nitrogen and oxygen atoms in total. The van der Waals surface area contributed by atoms with Gasteiger partial charge in [-0.05, 0) is 50.2 Å². The summed E-state index contributed by atoms with van der Waals surface area (Å²) in [6.45, 7) is 3.12. The molecule has 108 valence electrons. The first-order valence-corrected chi connectivity index (χ1v) is 8.75. The minimum Gasteiger partial charge on any atom is -0.312 e. The van der Waals surface area contributed by atoms with Crippen LogP contribution in [0.3, 0.4) is 0 Å². The van der Waals surface area contributed by atoms with Crippen molar-refractivity contribution in [1.82, 2.24) is 15.1 Å². The molecule has 1 N–H and O–H groups in total. The first kappa shape index (κ1) is 15.2. The molecule has 0 aromatic carbocycles. The number of thioether (sulfide) groups is 1. The van der Waals surface area contributed by atoms with Crippen molar-refractivity contribution in [3.05, 3.63) is 16.9 Å². The zero-order valence-corrected chi connectivity index (χ0v) is 13.4. The molecule has 0 aliphatic carbocycles. The molecule has 1 saturated heterocycles. The highest BCUT2D eigenvalue weighted by atomic mass is 35.5. The summed E-state index contributed by atoms with van der Waals surface area (Å²) in [6, 6.07) is 0.328. The molecule has 1 aliphatic rings. The lowest BCUT2D eigenvalue weighted by molar-refractivity contribution is 0.367. The van der Waals surface area contributed by atoms with Gasteiger partial charge in [-0.15, -0.1) is 0 Å². The van der Waals surface area contributed by atoms with Gasteiger partial charge in [0.25, 0.3) is 0 Å². The maximum Gasteiger partial charge on any atom is 0.0834 e. The average molecular weight is 302 g/mol. The molecule has 19 heavy (non-hydrogen) atoms. The lowest BCUT2D eigenvalue weighted by Crippen LogP contribution is -2.25. The Bertz CT molecular complexity index is 388. The van der Waals surface area contributed by atoms with Crippen molar-refractivity contribution in [2.24, 2.45) is 5.92 Å². The van der Waals surface area contributed by atoms with Gasteiger partial charge in [0, 0.05) is 6.54 Å². The standard InChI is InChI=1S/C14H24ClN3S/c1-3-6-18-14(12(15)10-17-18)13(16-2)9-11-4-7-19-8-5-11/h10-11,13,16H,3-9H2,1-2H3. The van der Waals surface area contributed by atoms with E-state index in [2.05, 4.69) is 33.8 Å². The molecule has 0 amide bonds. The van der Waals surface area contributed by atoms with Crippen LogP contribution < -0.4 is 5.32 Å². The van der Waals surface area contributed by atoms with E-state index in [9.17, 15) is 0 Å². The molecule has 2 rings (SSSR count). The van der Waals surface area contributed by atoms with Gasteiger partial charge in [-0.3, -0.25) is 4.68 Å². The van der Waals surface area contributed by atoms with E-state index >= 15 is 0 Å².